The van der Waals surface area contributed by atoms with Crippen LogP contribution in [0.2, 0.25) is 0 Å². The molecule has 7 heteroatoms. The molecule has 2 aliphatic rings. The lowest BCUT2D eigenvalue weighted by atomic mass is 9.87. The van der Waals surface area contributed by atoms with E-state index in [-0.39, 0.29) is 18.7 Å². The Morgan fingerprint density at radius 3 is 2.81 bits per heavy atom. The fraction of sp³-hybridized carbons (Fsp3) is 0.350. The monoisotopic (exact) mass is 372 g/mol. The standard InChI is InChI=1S/C20H21FN2O4/c1-23-8-7-13-9-17-19(27-11-26-17)20(25-2)18(13)16(23)10-15(22-24)12-3-5-14(21)6-4-12/h3-6,9,16,24H,7-8,10-11H2,1-2H3/t16-/m0/s1. The molecule has 27 heavy (non-hydrogen) atoms. The Morgan fingerprint density at radius 1 is 1.33 bits per heavy atom. The molecule has 1 N–H and O–H groups in total. The highest BCUT2D eigenvalue weighted by molar-refractivity contribution is 6.00. The Labute approximate surface area is 156 Å². The Kier molecular flexibility index (Phi) is 4.61. The normalized spacial score (nSPS) is 19.1. The van der Waals surface area contributed by atoms with Crippen molar-refractivity contribution in [3.05, 3.63) is 52.8 Å². The van der Waals surface area contributed by atoms with Crippen LogP contribution in [-0.4, -0.2) is 43.3 Å². The predicted octanol–water partition coefficient (Wildman–Crippen LogP) is 3.36. The lowest BCUT2D eigenvalue weighted by molar-refractivity contribution is 0.170. The van der Waals surface area contributed by atoms with Crippen LogP contribution >= 0.6 is 0 Å². The molecule has 0 spiro atoms. The second-order valence-corrected chi connectivity index (χ2v) is 6.72. The summed E-state index contributed by atoms with van der Waals surface area (Å²) in [6, 6.07) is 7.88. The SMILES string of the molecule is COc1c2c(cc3c1[C@H](CC(=NO)c1ccc(F)cc1)N(C)CC3)OCO2. The van der Waals surface area contributed by atoms with Crippen LogP contribution in [0, 0.1) is 5.82 Å². The summed E-state index contributed by atoms with van der Waals surface area (Å²) >= 11 is 0. The van der Waals surface area contributed by atoms with Gasteiger partial charge in [0.2, 0.25) is 12.5 Å². The molecular weight excluding hydrogens is 351 g/mol. The number of benzene rings is 2. The van der Waals surface area contributed by atoms with Gasteiger partial charge in [-0.1, -0.05) is 17.3 Å². The molecule has 0 saturated heterocycles. The van der Waals surface area contributed by atoms with Crippen molar-refractivity contribution >= 4 is 5.71 Å². The quantitative estimate of drug-likeness (QED) is 0.507. The zero-order valence-electron chi connectivity index (χ0n) is 15.2. The summed E-state index contributed by atoms with van der Waals surface area (Å²) < 4.78 is 30.1. The van der Waals surface area contributed by atoms with Crippen LogP contribution in [0.5, 0.6) is 17.2 Å². The number of nitrogens with zero attached hydrogens (tertiary/aromatic N) is 2. The van der Waals surface area contributed by atoms with Gasteiger partial charge in [-0.05, 0) is 42.8 Å². The van der Waals surface area contributed by atoms with Crippen LogP contribution in [-0.2, 0) is 6.42 Å². The van der Waals surface area contributed by atoms with Crippen LogP contribution in [0.1, 0.15) is 29.2 Å². The van der Waals surface area contributed by atoms with Crippen LogP contribution in [0.4, 0.5) is 4.39 Å². The molecule has 142 valence electrons. The Hall–Kier alpha value is -2.80. The van der Waals surface area contributed by atoms with Gasteiger partial charge in [-0.25, -0.2) is 4.39 Å². The number of oxime groups is 1. The largest absolute Gasteiger partial charge is 0.492 e. The van der Waals surface area contributed by atoms with Gasteiger partial charge in [-0.2, -0.15) is 0 Å². The van der Waals surface area contributed by atoms with E-state index in [9.17, 15) is 9.60 Å². The predicted molar refractivity (Wildman–Crippen MR) is 97.5 cm³/mol. The number of fused-ring (bicyclic) bond motifs is 2. The van der Waals surface area contributed by atoms with Crippen molar-refractivity contribution in [2.75, 3.05) is 27.5 Å². The van der Waals surface area contributed by atoms with Crippen molar-refractivity contribution in [3.8, 4) is 17.2 Å². The van der Waals surface area contributed by atoms with Gasteiger partial charge in [0.1, 0.15) is 5.82 Å². The fourth-order valence-electron chi connectivity index (χ4n) is 3.82. The summed E-state index contributed by atoms with van der Waals surface area (Å²) in [6.45, 7) is 1.02. The van der Waals surface area contributed by atoms with Crippen LogP contribution < -0.4 is 14.2 Å². The summed E-state index contributed by atoms with van der Waals surface area (Å²) in [5.74, 6) is 1.64. The summed E-state index contributed by atoms with van der Waals surface area (Å²) in [4.78, 5) is 2.20. The number of ether oxygens (including phenoxy) is 3. The third-order valence-electron chi connectivity index (χ3n) is 5.23. The first-order chi connectivity index (χ1) is 13.1. The highest BCUT2D eigenvalue weighted by atomic mass is 19.1. The number of likely N-dealkylation sites (N-methyl/N-ethyl adjacent to an activating group) is 1. The Balaban J connectivity index is 1.75. The van der Waals surface area contributed by atoms with E-state index in [1.807, 2.05) is 13.1 Å². The molecule has 0 aromatic heterocycles. The molecule has 2 aromatic rings. The number of hydrogen-bond acceptors (Lipinski definition) is 6. The molecule has 0 amide bonds. The molecule has 1 atom stereocenters. The Bertz CT molecular complexity index is 883. The Morgan fingerprint density at radius 2 is 2.11 bits per heavy atom. The van der Waals surface area contributed by atoms with E-state index in [0.717, 1.165) is 24.1 Å². The molecule has 4 rings (SSSR count). The third-order valence-corrected chi connectivity index (χ3v) is 5.23. The first-order valence-corrected chi connectivity index (χ1v) is 8.78. The fourth-order valence-corrected chi connectivity index (χ4v) is 3.82. The van der Waals surface area contributed by atoms with Gasteiger partial charge in [0.15, 0.2) is 11.5 Å². The zero-order chi connectivity index (χ0) is 19.0. The van der Waals surface area contributed by atoms with Crippen LogP contribution in [0.15, 0.2) is 35.5 Å². The molecule has 0 radical (unpaired) electrons. The average Bonchev–Trinajstić information content (AvgIpc) is 3.15. The zero-order valence-corrected chi connectivity index (χ0v) is 15.2. The third kappa shape index (κ3) is 3.08. The van der Waals surface area contributed by atoms with Gasteiger partial charge in [0.25, 0.3) is 0 Å². The van der Waals surface area contributed by atoms with E-state index in [1.54, 1.807) is 19.2 Å². The summed E-state index contributed by atoms with van der Waals surface area (Å²) in [6.07, 6.45) is 1.30. The van der Waals surface area contributed by atoms with Gasteiger partial charge in [-0.15, -0.1) is 0 Å². The van der Waals surface area contributed by atoms with E-state index in [1.165, 1.54) is 12.1 Å². The minimum atomic E-state index is -0.328. The van der Waals surface area contributed by atoms with Crippen LogP contribution in [0.3, 0.4) is 0 Å². The maximum Gasteiger partial charge on any atom is 0.231 e. The second kappa shape index (κ2) is 7.08. The van der Waals surface area contributed by atoms with Gasteiger partial charge < -0.3 is 19.4 Å². The lowest BCUT2D eigenvalue weighted by Gasteiger charge is -2.36. The minimum Gasteiger partial charge on any atom is -0.492 e. The topological polar surface area (TPSA) is 63.5 Å². The van der Waals surface area contributed by atoms with Crippen molar-refractivity contribution in [2.45, 2.75) is 18.9 Å². The molecule has 0 aliphatic carbocycles. The number of rotatable bonds is 4. The summed E-state index contributed by atoms with van der Waals surface area (Å²) in [5.41, 5.74) is 3.31. The lowest BCUT2D eigenvalue weighted by Crippen LogP contribution is -2.34. The highest BCUT2D eigenvalue weighted by Crippen LogP contribution is 2.50. The van der Waals surface area contributed by atoms with Crippen molar-refractivity contribution in [1.82, 2.24) is 4.90 Å². The minimum absolute atomic E-state index is 0.0749. The van der Waals surface area contributed by atoms with Crippen molar-refractivity contribution < 1.29 is 23.8 Å². The smallest absolute Gasteiger partial charge is 0.231 e. The van der Waals surface area contributed by atoms with Crippen molar-refractivity contribution in [2.24, 2.45) is 5.16 Å². The number of methoxy groups -OCH3 is 1. The van der Waals surface area contributed by atoms with E-state index in [4.69, 9.17) is 14.2 Å². The molecule has 2 heterocycles. The van der Waals surface area contributed by atoms with Crippen molar-refractivity contribution in [1.29, 1.82) is 0 Å². The van der Waals surface area contributed by atoms with Crippen molar-refractivity contribution in [3.63, 3.8) is 0 Å². The summed E-state index contributed by atoms with van der Waals surface area (Å²) in [5, 5.41) is 13.1. The first-order valence-electron chi connectivity index (χ1n) is 8.78. The number of hydrogen-bond donors (Lipinski definition) is 1. The van der Waals surface area contributed by atoms with Gasteiger partial charge in [0, 0.05) is 24.6 Å². The van der Waals surface area contributed by atoms with E-state index in [0.29, 0.717) is 34.9 Å². The molecule has 6 nitrogen and oxygen atoms in total. The van der Waals surface area contributed by atoms with E-state index in [2.05, 4.69) is 10.1 Å². The molecule has 2 aliphatic heterocycles. The molecule has 0 fully saturated rings. The maximum absolute atomic E-state index is 13.2. The van der Waals surface area contributed by atoms with Crippen LogP contribution in [0.25, 0.3) is 0 Å². The molecule has 2 aromatic carbocycles. The molecule has 0 saturated carbocycles. The van der Waals surface area contributed by atoms with E-state index >= 15 is 0 Å². The highest BCUT2D eigenvalue weighted by Gasteiger charge is 2.34. The molecule has 0 unspecified atom stereocenters. The maximum atomic E-state index is 13.2. The van der Waals surface area contributed by atoms with Gasteiger partial charge in [0.05, 0.1) is 12.8 Å². The molecular formula is C20H21FN2O4. The summed E-state index contributed by atoms with van der Waals surface area (Å²) in [7, 11) is 3.64. The average molecular weight is 372 g/mol. The second-order valence-electron chi connectivity index (χ2n) is 6.72. The van der Waals surface area contributed by atoms with Gasteiger partial charge in [-0.3, -0.25) is 4.90 Å². The number of halogens is 1. The molecule has 0 bridgehead atoms. The van der Waals surface area contributed by atoms with Gasteiger partial charge >= 0.3 is 0 Å². The van der Waals surface area contributed by atoms with E-state index < -0.39 is 0 Å². The first kappa shape index (κ1) is 17.6.